The predicted octanol–water partition coefficient (Wildman–Crippen LogP) is 1.79. The molecule has 0 spiro atoms. The third-order valence-corrected chi connectivity index (χ3v) is 4.45. The van der Waals surface area contributed by atoms with Crippen LogP contribution in [0.5, 0.6) is 0 Å². The molecule has 2 aromatic rings. The van der Waals surface area contributed by atoms with Gasteiger partial charge in [0.1, 0.15) is 12.0 Å². The normalized spacial score (nSPS) is 28.0. The lowest BCUT2D eigenvalue weighted by atomic mass is 9.97. The van der Waals surface area contributed by atoms with E-state index >= 15 is 0 Å². The van der Waals surface area contributed by atoms with Gasteiger partial charge in [0, 0.05) is 19.1 Å². The Morgan fingerprint density at radius 2 is 2.38 bits per heavy atom. The van der Waals surface area contributed by atoms with Crippen molar-refractivity contribution in [1.82, 2.24) is 15.2 Å². The van der Waals surface area contributed by atoms with Crippen LogP contribution < -0.4 is 5.32 Å². The molecule has 4 rings (SSSR count). The molecule has 2 fully saturated rings. The van der Waals surface area contributed by atoms with E-state index in [2.05, 4.69) is 15.2 Å². The first-order chi connectivity index (χ1) is 10.2. The van der Waals surface area contributed by atoms with Gasteiger partial charge in [-0.05, 0) is 31.4 Å². The summed E-state index contributed by atoms with van der Waals surface area (Å²) in [4.78, 5) is 18.7. The van der Waals surface area contributed by atoms with Crippen LogP contribution >= 0.6 is 0 Å². The number of aromatic nitrogens is 1. The molecule has 2 aliphatic heterocycles. The molecular weight excluding hydrogens is 273 g/mol. The van der Waals surface area contributed by atoms with E-state index in [1.807, 2.05) is 0 Å². The van der Waals surface area contributed by atoms with Crippen LogP contribution in [0.2, 0.25) is 0 Å². The summed E-state index contributed by atoms with van der Waals surface area (Å²) in [5.74, 6) is -0.0286. The zero-order chi connectivity index (χ0) is 14.4. The molecule has 4 heterocycles. The van der Waals surface area contributed by atoms with Crippen LogP contribution in [-0.2, 0) is 0 Å². The number of furan rings is 1. The molecule has 110 valence electrons. The van der Waals surface area contributed by atoms with E-state index in [-0.39, 0.29) is 17.6 Å². The van der Waals surface area contributed by atoms with Crippen LogP contribution in [0.1, 0.15) is 23.3 Å². The van der Waals surface area contributed by atoms with Crippen molar-refractivity contribution in [2.75, 3.05) is 19.6 Å². The third kappa shape index (κ3) is 2.29. The highest BCUT2D eigenvalue weighted by Gasteiger charge is 2.33. The van der Waals surface area contributed by atoms with Crippen LogP contribution in [0.3, 0.4) is 0 Å². The van der Waals surface area contributed by atoms with Crippen LogP contribution in [0.25, 0.3) is 11.0 Å². The zero-order valence-corrected chi connectivity index (χ0v) is 11.5. The summed E-state index contributed by atoms with van der Waals surface area (Å²) in [5, 5.41) is 3.31. The molecule has 6 heteroatoms. The van der Waals surface area contributed by atoms with Gasteiger partial charge in [-0.25, -0.2) is 9.37 Å². The molecular formula is C15H16FN3O2. The number of hydrogen-bond donors (Lipinski definition) is 1. The number of nitrogens with one attached hydrogen (secondary N) is 1. The molecule has 2 saturated heterocycles. The second-order valence-electron chi connectivity index (χ2n) is 5.97. The van der Waals surface area contributed by atoms with Crippen molar-refractivity contribution in [2.45, 2.75) is 18.9 Å². The van der Waals surface area contributed by atoms with Gasteiger partial charge in [-0.3, -0.25) is 4.79 Å². The first-order valence-electron chi connectivity index (χ1n) is 7.25. The molecule has 21 heavy (non-hydrogen) atoms. The minimum Gasteiger partial charge on any atom is -0.460 e. The largest absolute Gasteiger partial charge is 0.460 e. The highest BCUT2D eigenvalue weighted by Crippen LogP contribution is 2.27. The lowest BCUT2D eigenvalue weighted by Gasteiger charge is -2.30. The van der Waals surface area contributed by atoms with Gasteiger partial charge in [-0.1, -0.05) is 0 Å². The Morgan fingerprint density at radius 3 is 3.24 bits per heavy atom. The van der Waals surface area contributed by atoms with Gasteiger partial charge >= 0.3 is 0 Å². The van der Waals surface area contributed by atoms with Crippen molar-refractivity contribution in [2.24, 2.45) is 5.92 Å². The summed E-state index contributed by atoms with van der Waals surface area (Å²) < 4.78 is 18.5. The van der Waals surface area contributed by atoms with Gasteiger partial charge in [-0.2, -0.15) is 0 Å². The lowest BCUT2D eigenvalue weighted by molar-refractivity contribution is 0.0904. The average Bonchev–Trinajstić information content (AvgIpc) is 3.02. The Morgan fingerprint density at radius 1 is 1.48 bits per heavy atom. The summed E-state index contributed by atoms with van der Waals surface area (Å²) in [5.41, 5.74) is 0.585. The molecule has 1 unspecified atom stereocenters. The number of carbonyl (C=O) groups is 1. The summed E-state index contributed by atoms with van der Waals surface area (Å²) in [6.07, 6.45) is 4.66. The quantitative estimate of drug-likeness (QED) is 0.915. The van der Waals surface area contributed by atoms with Gasteiger partial charge in [-0.15, -0.1) is 0 Å². The number of fused-ring (bicyclic) bond motifs is 3. The fourth-order valence-corrected chi connectivity index (χ4v) is 3.45. The lowest BCUT2D eigenvalue weighted by Crippen LogP contribution is -2.47. The van der Waals surface area contributed by atoms with Crippen LogP contribution in [-0.4, -0.2) is 41.5 Å². The fraction of sp³-hybridized carbons (Fsp3) is 0.467. The summed E-state index contributed by atoms with van der Waals surface area (Å²) in [7, 11) is 0. The number of rotatable bonds is 2. The van der Waals surface area contributed by atoms with Crippen LogP contribution in [0.4, 0.5) is 4.39 Å². The highest BCUT2D eigenvalue weighted by atomic mass is 19.1. The molecule has 0 aliphatic carbocycles. The molecule has 0 saturated carbocycles. The molecule has 0 radical (unpaired) electrons. The zero-order valence-electron chi connectivity index (χ0n) is 11.5. The Kier molecular flexibility index (Phi) is 2.92. The summed E-state index contributed by atoms with van der Waals surface area (Å²) in [6.45, 7) is 3.17. The monoisotopic (exact) mass is 289 g/mol. The van der Waals surface area contributed by atoms with E-state index in [1.54, 1.807) is 0 Å². The Bertz CT molecular complexity index is 687. The molecule has 3 atom stereocenters. The second kappa shape index (κ2) is 4.80. The number of piperidine rings is 1. The van der Waals surface area contributed by atoms with E-state index in [0.29, 0.717) is 16.9 Å². The van der Waals surface area contributed by atoms with Crippen LogP contribution in [0.15, 0.2) is 22.9 Å². The van der Waals surface area contributed by atoms with Gasteiger partial charge in [0.2, 0.25) is 0 Å². The number of pyridine rings is 1. The maximum Gasteiger partial charge on any atom is 0.270 e. The minimum absolute atomic E-state index is 0.158. The number of hydrogen-bond acceptors (Lipinski definition) is 4. The second-order valence-corrected chi connectivity index (χ2v) is 5.97. The molecule has 1 N–H and O–H groups in total. The van der Waals surface area contributed by atoms with Crippen molar-refractivity contribution in [3.8, 4) is 0 Å². The predicted molar refractivity (Wildman–Crippen MR) is 74.4 cm³/mol. The molecule has 2 aliphatic rings. The van der Waals surface area contributed by atoms with Gasteiger partial charge in [0.15, 0.2) is 11.4 Å². The van der Waals surface area contributed by atoms with E-state index < -0.39 is 5.82 Å². The number of nitrogens with zero attached hydrogens (tertiary/aromatic N) is 2. The van der Waals surface area contributed by atoms with E-state index in [9.17, 15) is 9.18 Å². The Balaban J connectivity index is 1.52. The number of amides is 1. The number of halogens is 1. The standard InChI is InChI=1S/C15H16FN3O2/c16-12-8-21-14-5-17-13(4-11(12)14)15(20)18-10-3-9-1-2-19(6-9)7-10/h4-5,8-10H,1-3,6-7H2,(H,18,20)/t9-,10+/m0/s1. The SMILES string of the molecule is O=C(N[C@@H]1C[C@@H]2CCN(C2)C1)c1cc2c(F)coc2cn1. The molecule has 2 aromatic heterocycles. The molecule has 5 nitrogen and oxygen atoms in total. The molecule has 2 bridgehead atoms. The van der Waals surface area contributed by atoms with Crippen molar-refractivity contribution in [1.29, 1.82) is 0 Å². The van der Waals surface area contributed by atoms with Crippen molar-refractivity contribution in [3.05, 3.63) is 30.0 Å². The maximum absolute atomic E-state index is 13.5. The minimum atomic E-state index is -0.469. The fourth-order valence-electron chi connectivity index (χ4n) is 3.45. The topological polar surface area (TPSA) is 58.4 Å². The summed E-state index contributed by atoms with van der Waals surface area (Å²) >= 11 is 0. The smallest absolute Gasteiger partial charge is 0.270 e. The van der Waals surface area contributed by atoms with Gasteiger partial charge in [0.05, 0.1) is 11.6 Å². The number of carbonyl (C=O) groups excluding carboxylic acids is 1. The van der Waals surface area contributed by atoms with E-state index in [1.165, 1.54) is 18.7 Å². The Hall–Kier alpha value is -1.95. The average molecular weight is 289 g/mol. The summed E-state index contributed by atoms with van der Waals surface area (Å²) in [6, 6.07) is 1.60. The first kappa shape index (κ1) is 12.8. The van der Waals surface area contributed by atoms with Crippen LogP contribution in [0, 0.1) is 11.7 Å². The molecule has 1 amide bonds. The Labute approximate surface area is 121 Å². The van der Waals surface area contributed by atoms with Gasteiger partial charge in [0.25, 0.3) is 5.91 Å². The van der Waals surface area contributed by atoms with Crippen molar-refractivity contribution >= 4 is 16.9 Å². The van der Waals surface area contributed by atoms with Crippen molar-refractivity contribution in [3.63, 3.8) is 0 Å². The highest BCUT2D eigenvalue weighted by molar-refractivity contribution is 5.95. The van der Waals surface area contributed by atoms with E-state index in [4.69, 9.17) is 4.42 Å². The van der Waals surface area contributed by atoms with Crippen molar-refractivity contribution < 1.29 is 13.6 Å². The van der Waals surface area contributed by atoms with Gasteiger partial charge < -0.3 is 14.6 Å². The molecule has 0 aromatic carbocycles. The van der Waals surface area contributed by atoms with E-state index in [0.717, 1.165) is 32.3 Å². The third-order valence-electron chi connectivity index (χ3n) is 4.45. The maximum atomic E-state index is 13.5. The first-order valence-corrected chi connectivity index (χ1v) is 7.25.